The largest absolute Gasteiger partial charge is 0.506 e. The fraction of sp³-hybridized carbons (Fsp3) is 0.316. The van der Waals surface area contributed by atoms with E-state index in [0.29, 0.717) is 13.0 Å². The summed E-state index contributed by atoms with van der Waals surface area (Å²) in [7, 11) is -3.38. The molecule has 0 bridgehead atoms. The summed E-state index contributed by atoms with van der Waals surface area (Å²) >= 11 is 0. The van der Waals surface area contributed by atoms with Gasteiger partial charge in [0.1, 0.15) is 17.7 Å². The van der Waals surface area contributed by atoms with Gasteiger partial charge >= 0.3 is 0 Å². The van der Waals surface area contributed by atoms with Crippen LogP contribution in [-0.2, 0) is 17.6 Å². The van der Waals surface area contributed by atoms with Crippen molar-refractivity contribution in [1.29, 1.82) is 0 Å². The standard InChI is InChI=1S/C19H25N3O5S/c1-2-20-18(24)11-15-6-4-3-5-14(15)9-13-7-8-16(17(23)10-13)22-12-19(25)21-28(22,26)27/h3-8,10,19,21,23,25-27H,2,9,11-12H2,1H3,(H,20,24). The first-order valence-electron chi connectivity index (χ1n) is 8.96. The second-order valence-corrected chi connectivity index (χ2v) is 8.33. The smallest absolute Gasteiger partial charge is 0.224 e. The van der Waals surface area contributed by atoms with Crippen molar-refractivity contribution in [2.24, 2.45) is 0 Å². The summed E-state index contributed by atoms with van der Waals surface area (Å²) in [6.45, 7) is 2.40. The maximum Gasteiger partial charge on any atom is 0.224 e. The fourth-order valence-electron chi connectivity index (χ4n) is 3.22. The molecule has 1 amide bonds. The highest BCUT2D eigenvalue weighted by Gasteiger charge is 2.36. The first-order valence-corrected chi connectivity index (χ1v) is 10.5. The van der Waals surface area contributed by atoms with E-state index >= 15 is 0 Å². The molecule has 8 nitrogen and oxygen atoms in total. The van der Waals surface area contributed by atoms with Crippen LogP contribution in [0.3, 0.4) is 0 Å². The topological polar surface area (TPSA) is 125 Å². The van der Waals surface area contributed by atoms with Crippen molar-refractivity contribution in [2.45, 2.75) is 26.0 Å². The second-order valence-electron chi connectivity index (χ2n) is 6.61. The number of rotatable bonds is 6. The average molecular weight is 407 g/mol. The van der Waals surface area contributed by atoms with Crippen LogP contribution in [0.4, 0.5) is 5.69 Å². The molecule has 3 rings (SSSR count). The van der Waals surface area contributed by atoms with Gasteiger partial charge in [0, 0.05) is 6.54 Å². The second kappa shape index (κ2) is 8.38. The van der Waals surface area contributed by atoms with Crippen molar-refractivity contribution >= 4 is 22.6 Å². The number of aromatic hydroxyl groups is 1. The zero-order valence-corrected chi connectivity index (χ0v) is 16.3. The van der Waals surface area contributed by atoms with Crippen LogP contribution >= 0.6 is 11.0 Å². The highest BCUT2D eigenvalue weighted by atomic mass is 32.3. The van der Waals surface area contributed by atoms with Gasteiger partial charge in [0.05, 0.1) is 13.0 Å². The molecule has 1 saturated heterocycles. The first kappa shape index (κ1) is 20.4. The van der Waals surface area contributed by atoms with Gasteiger partial charge in [-0.25, -0.2) is 0 Å². The summed E-state index contributed by atoms with van der Waals surface area (Å²) in [5.41, 5.74) is 2.93. The van der Waals surface area contributed by atoms with Gasteiger partial charge < -0.3 is 15.5 Å². The number of hydrogen-bond donors (Lipinski definition) is 6. The molecule has 1 unspecified atom stereocenters. The van der Waals surface area contributed by atoms with E-state index in [2.05, 4.69) is 10.0 Å². The van der Waals surface area contributed by atoms with Gasteiger partial charge in [-0.2, -0.15) is 4.72 Å². The minimum absolute atomic E-state index is 0.0431. The van der Waals surface area contributed by atoms with Gasteiger partial charge in [-0.05, 0) is 42.2 Å². The lowest BCUT2D eigenvalue weighted by atomic mass is 9.97. The SMILES string of the molecule is CCNC(=O)Cc1ccccc1Cc1ccc(N2CC(O)NS2(O)O)c(O)c1. The minimum Gasteiger partial charge on any atom is -0.506 e. The van der Waals surface area contributed by atoms with Crippen LogP contribution in [0.25, 0.3) is 0 Å². The average Bonchev–Trinajstić information content (AvgIpc) is 2.89. The zero-order valence-electron chi connectivity index (χ0n) is 15.5. The molecule has 6 N–H and O–H groups in total. The van der Waals surface area contributed by atoms with Gasteiger partial charge in [0.15, 0.2) is 0 Å². The summed E-state index contributed by atoms with van der Waals surface area (Å²) in [5.74, 6) is -0.159. The van der Waals surface area contributed by atoms with Gasteiger partial charge in [0.25, 0.3) is 0 Å². The molecule has 1 atom stereocenters. The zero-order chi connectivity index (χ0) is 20.3. The van der Waals surface area contributed by atoms with Crippen LogP contribution in [0.15, 0.2) is 42.5 Å². The number of carbonyl (C=O) groups is 1. The van der Waals surface area contributed by atoms with E-state index in [4.69, 9.17) is 0 Å². The maximum atomic E-state index is 11.9. The van der Waals surface area contributed by atoms with Crippen LogP contribution in [0.2, 0.25) is 0 Å². The normalized spacial score (nSPS) is 19.4. The van der Waals surface area contributed by atoms with Crippen LogP contribution in [0.1, 0.15) is 23.6 Å². The molecule has 0 saturated carbocycles. The molecule has 1 fully saturated rings. The van der Waals surface area contributed by atoms with E-state index in [1.165, 1.54) is 0 Å². The Labute approximate surface area is 165 Å². The van der Waals surface area contributed by atoms with Gasteiger partial charge in [0.2, 0.25) is 5.91 Å². The Kier molecular flexibility index (Phi) is 6.11. The van der Waals surface area contributed by atoms with Crippen LogP contribution < -0.4 is 14.3 Å². The molecule has 1 aliphatic heterocycles. The Bertz CT molecular complexity index is 861. The van der Waals surface area contributed by atoms with Gasteiger partial charge in [-0.1, -0.05) is 41.3 Å². The van der Waals surface area contributed by atoms with Crippen LogP contribution in [0, 0.1) is 0 Å². The van der Waals surface area contributed by atoms with Crippen molar-refractivity contribution in [1.82, 2.24) is 10.0 Å². The summed E-state index contributed by atoms with van der Waals surface area (Å²) in [5, 5.41) is 22.8. The molecular weight excluding hydrogens is 382 g/mol. The molecule has 152 valence electrons. The Balaban J connectivity index is 1.80. The number of amides is 1. The van der Waals surface area contributed by atoms with E-state index in [1.54, 1.807) is 18.2 Å². The summed E-state index contributed by atoms with van der Waals surface area (Å²) in [4.78, 5) is 11.9. The Morgan fingerprint density at radius 3 is 2.57 bits per heavy atom. The van der Waals surface area contributed by atoms with Gasteiger partial charge in [-0.15, -0.1) is 0 Å². The predicted molar refractivity (Wildman–Crippen MR) is 109 cm³/mol. The molecule has 9 heteroatoms. The Morgan fingerprint density at radius 2 is 1.96 bits per heavy atom. The predicted octanol–water partition coefficient (Wildman–Crippen LogP) is 1.97. The third-order valence-electron chi connectivity index (χ3n) is 4.49. The van der Waals surface area contributed by atoms with E-state index in [9.17, 15) is 24.1 Å². The molecule has 0 radical (unpaired) electrons. The number of β-amino-alcohol motifs (C(OH)–C–C–N with tert-alkyl or cyclic N) is 1. The summed E-state index contributed by atoms with van der Waals surface area (Å²) < 4.78 is 23.5. The number of hydrogen-bond acceptors (Lipinski definition) is 7. The number of aliphatic hydroxyl groups excluding tert-OH is 1. The molecule has 0 spiro atoms. The number of phenols is 1. The number of nitrogens with zero attached hydrogens (tertiary/aromatic N) is 1. The van der Waals surface area contributed by atoms with Crippen molar-refractivity contribution < 1.29 is 24.1 Å². The van der Waals surface area contributed by atoms with Crippen LogP contribution in [-0.4, -0.2) is 44.5 Å². The highest BCUT2D eigenvalue weighted by molar-refractivity contribution is 8.24. The molecule has 2 aromatic carbocycles. The number of phenolic OH excluding ortho intramolecular Hbond substituents is 1. The number of carbonyl (C=O) groups excluding carboxylic acids is 1. The quantitative estimate of drug-likeness (QED) is 0.432. The van der Waals surface area contributed by atoms with Crippen molar-refractivity contribution in [3.8, 4) is 5.75 Å². The lowest BCUT2D eigenvalue weighted by molar-refractivity contribution is -0.120. The molecule has 0 aromatic heterocycles. The van der Waals surface area contributed by atoms with Crippen molar-refractivity contribution in [2.75, 3.05) is 17.4 Å². The summed E-state index contributed by atoms with van der Waals surface area (Å²) in [6, 6.07) is 12.6. The van der Waals surface area contributed by atoms with E-state index in [-0.39, 0.29) is 30.3 Å². The third kappa shape index (κ3) is 4.57. The number of benzene rings is 2. The Hall–Kier alpha value is -2.30. The lowest BCUT2D eigenvalue weighted by Crippen LogP contribution is -2.25. The van der Waals surface area contributed by atoms with Gasteiger partial charge in [-0.3, -0.25) is 18.2 Å². The van der Waals surface area contributed by atoms with E-state index in [0.717, 1.165) is 21.0 Å². The Morgan fingerprint density at radius 1 is 1.25 bits per heavy atom. The third-order valence-corrected chi connectivity index (χ3v) is 6.04. The first-order chi connectivity index (χ1) is 13.3. The maximum absolute atomic E-state index is 11.9. The van der Waals surface area contributed by atoms with Crippen molar-refractivity contribution in [3.63, 3.8) is 0 Å². The van der Waals surface area contributed by atoms with E-state index in [1.807, 2.05) is 31.2 Å². The highest BCUT2D eigenvalue weighted by Crippen LogP contribution is 2.49. The number of nitrogens with one attached hydrogen (secondary N) is 2. The van der Waals surface area contributed by atoms with Crippen molar-refractivity contribution in [3.05, 3.63) is 59.2 Å². The molecule has 2 aromatic rings. The number of likely N-dealkylation sites (N-methyl/N-ethyl adjacent to an activating group) is 1. The molecule has 0 aliphatic carbocycles. The molecule has 28 heavy (non-hydrogen) atoms. The minimum atomic E-state index is -3.38. The monoisotopic (exact) mass is 407 g/mol. The number of anilines is 1. The molecular formula is C19H25N3O5S. The molecule has 1 aliphatic rings. The van der Waals surface area contributed by atoms with E-state index < -0.39 is 17.2 Å². The summed E-state index contributed by atoms with van der Waals surface area (Å²) in [6.07, 6.45) is -0.294. The molecule has 1 heterocycles. The fourth-order valence-corrected chi connectivity index (χ4v) is 4.57. The lowest BCUT2D eigenvalue weighted by Gasteiger charge is -2.36. The number of aliphatic hydroxyl groups is 1. The van der Waals surface area contributed by atoms with Crippen LogP contribution in [0.5, 0.6) is 5.75 Å².